The normalized spacial score (nSPS) is 10.9. The predicted octanol–water partition coefficient (Wildman–Crippen LogP) is 6.00. The van der Waals surface area contributed by atoms with Crippen molar-refractivity contribution in [2.75, 3.05) is 0 Å². The van der Waals surface area contributed by atoms with Gasteiger partial charge in [0.05, 0.1) is 0 Å². The smallest absolute Gasteiger partial charge is 0.158 e. The Morgan fingerprint density at radius 2 is 0.447 bits per heavy atom. The molecule has 0 amide bonds. The van der Waals surface area contributed by atoms with Gasteiger partial charge in [0.1, 0.15) is 0 Å². The molecule has 8 heteroatoms. The standard InChI is InChI=1S/C30H22O8/c31-23-5-1-15(9-27(23)35)19-13-21(17-3-7-25(33)29(37)11-17)22(18-4-8-26(34)30(38)12-18)14-20(19)16-2-6-24(32)28(36)10-16/h1-14,31-38H. The molecule has 8 nitrogen and oxygen atoms in total. The Bertz CT molecular complexity index is 1460. The molecule has 0 aliphatic rings. The van der Waals surface area contributed by atoms with E-state index in [9.17, 15) is 40.9 Å². The lowest BCUT2D eigenvalue weighted by Crippen LogP contribution is -1.93. The third kappa shape index (κ3) is 4.31. The lowest BCUT2D eigenvalue weighted by molar-refractivity contribution is 0.404. The lowest BCUT2D eigenvalue weighted by Gasteiger charge is -2.19. The first-order valence-electron chi connectivity index (χ1n) is 11.4. The van der Waals surface area contributed by atoms with Crippen molar-refractivity contribution < 1.29 is 40.9 Å². The Morgan fingerprint density at radius 3 is 0.632 bits per heavy atom. The Morgan fingerprint density at radius 1 is 0.237 bits per heavy atom. The van der Waals surface area contributed by atoms with Crippen molar-refractivity contribution in [3.05, 3.63) is 84.9 Å². The van der Waals surface area contributed by atoms with Gasteiger partial charge in [-0.2, -0.15) is 0 Å². The SMILES string of the molecule is Oc1ccc(-c2cc(-c3ccc(O)c(O)c3)c(-c3ccc(O)c(O)c3)cc2-c2ccc(O)c(O)c2)cc1O. The summed E-state index contributed by atoms with van der Waals surface area (Å²) in [5.74, 6) is -2.63. The molecule has 0 unspecified atom stereocenters. The molecule has 0 fully saturated rings. The molecule has 0 saturated carbocycles. The monoisotopic (exact) mass is 510 g/mol. The van der Waals surface area contributed by atoms with Gasteiger partial charge in [-0.1, -0.05) is 24.3 Å². The largest absolute Gasteiger partial charge is 0.504 e. The minimum Gasteiger partial charge on any atom is -0.504 e. The van der Waals surface area contributed by atoms with Gasteiger partial charge in [0.25, 0.3) is 0 Å². The van der Waals surface area contributed by atoms with Gasteiger partial charge in [-0.05, 0) is 105 Å². The second-order valence-corrected chi connectivity index (χ2v) is 8.76. The van der Waals surface area contributed by atoms with Gasteiger partial charge in [-0.25, -0.2) is 0 Å². The first-order chi connectivity index (χ1) is 18.1. The molecule has 5 rings (SSSR count). The second-order valence-electron chi connectivity index (χ2n) is 8.76. The van der Waals surface area contributed by atoms with E-state index in [4.69, 9.17) is 0 Å². The molecule has 0 bridgehead atoms. The predicted molar refractivity (Wildman–Crippen MR) is 142 cm³/mol. The second kappa shape index (κ2) is 9.18. The van der Waals surface area contributed by atoms with Gasteiger partial charge in [-0.3, -0.25) is 0 Å². The summed E-state index contributed by atoms with van der Waals surface area (Å²) in [7, 11) is 0. The summed E-state index contributed by atoms with van der Waals surface area (Å²) in [6.07, 6.45) is 0. The van der Waals surface area contributed by atoms with Crippen LogP contribution in [0.5, 0.6) is 46.0 Å². The van der Waals surface area contributed by atoms with Gasteiger partial charge < -0.3 is 40.9 Å². The summed E-state index contributed by atoms with van der Waals surface area (Å²) in [5, 5.41) is 80.3. The fourth-order valence-corrected chi connectivity index (χ4v) is 4.32. The highest BCUT2D eigenvalue weighted by Gasteiger charge is 2.19. The Hall–Kier alpha value is -5.50. The number of aromatic hydroxyl groups is 8. The van der Waals surface area contributed by atoms with Crippen molar-refractivity contribution in [2.24, 2.45) is 0 Å². The average Bonchev–Trinajstić information content (AvgIpc) is 2.90. The molecule has 0 aliphatic carbocycles. The molecule has 190 valence electrons. The maximum Gasteiger partial charge on any atom is 0.158 e. The maximum atomic E-state index is 10.2. The zero-order valence-corrected chi connectivity index (χ0v) is 19.7. The summed E-state index contributed by atoms with van der Waals surface area (Å²) >= 11 is 0. The van der Waals surface area contributed by atoms with Crippen molar-refractivity contribution in [1.82, 2.24) is 0 Å². The van der Waals surface area contributed by atoms with E-state index in [2.05, 4.69) is 0 Å². The number of rotatable bonds is 4. The topological polar surface area (TPSA) is 162 Å². The van der Waals surface area contributed by atoms with Gasteiger partial charge in [0.15, 0.2) is 46.0 Å². The van der Waals surface area contributed by atoms with Crippen molar-refractivity contribution in [2.45, 2.75) is 0 Å². The molecule has 5 aromatic carbocycles. The highest BCUT2D eigenvalue weighted by Crippen LogP contribution is 2.46. The maximum absolute atomic E-state index is 10.2. The van der Waals surface area contributed by atoms with Crippen LogP contribution in [-0.4, -0.2) is 40.9 Å². The molecule has 0 heterocycles. The summed E-state index contributed by atoms with van der Waals surface area (Å²) in [6, 6.07) is 20.7. The van der Waals surface area contributed by atoms with Crippen LogP contribution in [0, 0.1) is 0 Å². The molecule has 0 atom stereocenters. The fraction of sp³-hybridized carbons (Fsp3) is 0. The first kappa shape index (κ1) is 24.2. The fourth-order valence-electron chi connectivity index (χ4n) is 4.32. The molecule has 38 heavy (non-hydrogen) atoms. The average molecular weight is 510 g/mol. The summed E-state index contributed by atoms with van der Waals surface area (Å²) in [6.45, 7) is 0. The molecule has 5 aromatic rings. The highest BCUT2D eigenvalue weighted by atomic mass is 16.3. The molecule has 0 radical (unpaired) electrons. The molecule has 0 aliphatic heterocycles. The van der Waals surface area contributed by atoms with Crippen molar-refractivity contribution in [1.29, 1.82) is 0 Å². The molecular formula is C30H22O8. The van der Waals surface area contributed by atoms with Gasteiger partial charge in [0.2, 0.25) is 0 Å². The van der Waals surface area contributed by atoms with Crippen LogP contribution in [-0.2, 0) is 0 Å². The Labute approximate surface area is 216 Å². The molecule has 0 aromatic heterocycles. The van der Waals surface area contributed by atoms with Crippen molar-refractivity contribution >= 4 is 0 Å². The van der Waals surface area contributed by atoms with Crippen LogP contribution in [0.25, 0.3) is 44.5 Å². The minimum atomic E-state index is -0.349. The number of benzene rings is 5. The minimum absolute atomic E-state index is 0.308. The van der Waals surface area contributed by atoms with E-state index in [0.717, 1.165) is 0 Å². The van der Waals surface area contributed by atoms with E-state index in [1.807, 2.05) is 0 Å². The van der Waals surface area contributed by atoms with Crippen LogP contribution in [0.4, 0.5) is 0 Å². The third-order valence-corrected chi connectivity index (χ3v) is 6.30. The number of hydrogen-bond donors (Lipinski definition) is 8. The zero-order valence-electron chi connectivity index (χ0n) is 19.7. The Balaban J connectivity index is 1.89. The number of hydrogen-bond acceptors (Lipinski definition) is 8. The number of phenolic OH excluding ortho intramolecular Hbond substituents is 8. The van der Waals surface area contributed by atoms with Crippen LogP contribution in [0.3, 0.4) is 0 Å². The quantitative estimate of drug-likeness (QED) is 0.137. The van der Waals surface area contributed by atoms with Gasteiger partial charge in [-0.15, -0.1) is 0 Å². The zero-order chi connectivity index (χ0) is 27.1. The van der Waals surface area contributed by atoms with E-state index in [-0.39, 0.29) is 46.0 Å². The molecule has 0 spiro atoms. The first-order valence-corrected chi connectivity index (χ1v) is 11.4. The molecule has 0 saturated heterocycles. The van der Waals surface area contributed by atoms with Crippen LogP contribution < -0.4 is 0 Å². The summed E-state index contributed by atoms with van der Waals surface area (Å²) in [4.78, 5) is 0. The van der Waals surface area contributed by atoms with E-state index in [0.29, 0.717) is 44.5 Å². The van der Waals surface area contributed by atoms with E-state index in [1.165, 1.54) is 48.5 Å². The highest BCUT2D eigenvalue weighted by molar-refractivity contribution is 5.96. The van der Waals surface area contributed by atoms with Crippen LogP contribution in [0.15, 0.2) is 84.9 Å². The Kier molecular flexibility index (Phi) is 5.85. The lowest BCUT2D eigenvalue weighted by atomic mass is 9.85. The van der Waals surface area contributed by atoms with E-state index in [1.54, 1.807) is 36.4 Å². The third-order valence-electron chi connectivity index (χ3n) is 6.30. The van der Waals surface area contributed by atoms with E-state index >= 15 is 0 Å². The van der Waals surface area contributed by atoms with Crippen molar-refractivity contribution in [3.63, 3.8) is 0 Å². The number of phenols is 8. The van der Waals surface area contributed by atoms with E-state index < -0.39 is 0 Å². The van der Waals surface area contributed by atoms with Crippen molar-refractivity contribution in [3.8, 4) is 90.5 Å². The van der Waals surface area contributed by atoms with Crippen LogP contribution in [0.1, 0.15) is 0 Å². The molecular weight excluding hydrogens is 488 g/mol. The van der Waals surface area contributed by atoms with Crippen LogP contribution in [0.2, 0.25) is 0 Å². The van der Waals surface area contributed by atoms with Gasteiger partial charge >= 0.3 is 0 Å². The summed E-state index contributed by atoms with van der Waals surface area (Å²) in [5.41, 5.74) is 4.25. The summed E-state index contributed by atoms with van der Waals surface area (Å²) < 4.78 is 0. The van der Waals surface area contributed by atoms with Gasteiger partial charge in [0, 0.05) is 0 Å². The van der Waals surface area contributed by atoms with Crippen LogP contribution >= 0.6 is 0 Å². The molecule has 8 N–H and O–H groups in total.